The molecule has 0 fully saturated rings. The first-order valence-electron chi connectivity index (χ1n) is 12.2. The van der Waals surface area contributed by atoms with Crippen LogP contribution in [-0.2, 0) is 9.53 Å². The van der Waals surface area contributed by atoms with E-state index < -0.39 is 6.29 Å². The molecule has 2 aromatic rings. The summed E-state index contributed by atoms with van der Waals surface area (Å²) >= 11 is 0. The minimum Gasteiger partial charge on any atom is -0.454 e. The molecule has 0 aromatic heterocycles. The third-order valence-electron chi connectivity index (χ3n) is 6.93. The Kier molecular flexibility index (Phi) is 7.11. The van der Waals surface area contributed by atoms with E-state index in [0.29, 0.717) is 11.3 Å². The number of ether oxygens (including phenoxy) is 3. The molecule has 0 radical (unpaired) electrons. The molecule has 1 unspecified atom stereocenters. The van der Waals surface area contributed by atoms with Gasteiger partial charge in [0.05, 0.1) is 5.56 Å². The first-order valence-corrected chi connectivity index (χ1v) is 12.2. The number of carbonyl (C=O) groups is 2. The summed E-state index contributed by atoms with van der Waals surface area (Å²) in [5, 5.41) is 0. The van der Waals surface area contributed by atoms with E-state index >= 15 is 0 Å². The number of carbonyl (C=O) groups excluding carboxylic acids is 2. The maximum Gasteiger partial charge on any atom is 0.343 e. The van der Waals surface area contributed by atoms with Crippen molar-refractivity contribution in [2.75, 3.05) is 0 Å². The summed E-state index contributed by atoms with van der Waals surface area (Å²) in [4.78, 5) is 24.8. The van der Waals surface area contributed by atoms with Crippen molar-refractivity contribution in [1.82, 2.24) is 0 Å². The largest absolute Gasteiger partial charge is 0.454 e. The molecule has 0 spiro atoms. The average molecular weight is 463 g/mol. The lowest BCUT2D eigenvalue weighted by atomic mass is 9.68. The van der Waals surface area contributed by atoms with Gasteiger partial charge in [0.15, 0.2) is 0 Å². The lowest BCUT2D eigenvalue weighted by molar-refractivity contribution is -0.174. The minimum absolute atomic E-state index is 0.0396. The van der Waals surface area contributed by atoms with Gasteiger partial charge in [-0.05, 0) is 82.1 Å². The maximum absolute atomic E-state index is 12.9. The fourth-order valence-corrected chi connectivity index (χ4v) is 5.37. The standard InChI is InChI=1S/C29H34O5/c1-17(2)10-9-13-23-22-15-14-18(3)25-24(33-28(31)21-11-7-6-8-12-21)16-19(4)27(26(22)25)34-29(23)32-20(5)30/h6-8,10-12,16,18,22-23,29H,9,13-15H2,1-5H3/t18-,22+,23+,29?/m1/s1. The number of hydrogen-bond donors (Lipinski definition) is 0. The van der Waals surface area contributed by atoms with Crippen LogP contribution < -0.4 is 9.47 Å². The lowest BCUT2D eigenvalue weighted by Gasteiger charge is -2.44. The van der Waals surface area contributed by atoms with Crippen LogP contribution >= 0.6 is 0 Å². The zero-order valence-corrected chi connectivity index (χ0v) is 20.7. The van der Waals surface area contributed by atoms with Gasteiger partial charge < -0.3 is 14.2 Å². The zero-order valence-electron chi connectivity index (χ0n) is 20.7. The summed E-state index contributed by atoms with van der Waals surface area (Å²) in [7, 11) is 0. The Morgan fingerprint density at radius 2 is 1.82 bits per heavy atom. The highest BCUT2D eigenvalue weighted by Gasteiger charge is 2.45. The van der Waals surface area contributed by atoms with Gasteiger partial charge in [0, 0.05) is 24.0 Å². The van der Waals surface area contributed by atoms with Gasteiger partial charge in [-0.2, -0.15) is 0 Å². The Labute approximate surface area is 202 Å². The highest BCUT2D eigenvalue weighted by molar-refractivity contribution is 5.91. The maximum atomic E-state index is 12.9. The number of rotatable bonds is 6. The fourth-order valence-electron chi connectivity index (χ4n) is 5.37. The minimum atomic E-state index is -0.613. The number of benzene rings is 2. The van der Waals surface area contributed by atoms with Crippen molar-refractivity contribution >= 4 is 11.9 Å². The van der Waals surface area contributed by atoms with Crippen LogP contribution in [0.25, 0.3) is 0 Å². The smallest absolute Gasteiger partial charge is 0.343 e. The molecule has 2 aliphatic rings. The van der Waals surface area contributed by atoms with E-state index in [0.717, 1.165) is 48.1 Å². The molecule has 1 heterocycles. The summed E-state index contributed by atoms with van der Waals surface area (Å²) in [5.74, 6) is 1.14. The van der Waals surface area contributed by atoms with Crippen LogP contribution in [0.1, 0.15) is 92.3 Å². The number of hydrogen-bond acceptors (Lipinski definition) is 5. The second kappa shape index (κ2) is 10.0. The van der Waals surface area contributed by atoms with Gasteiger partial charge in [0.25, 0.3) is 0 Å². The highest BCUT2D eigenvalue weighted by atomic mass is 16.7. The molecule has 1 aliphatic heterocycles. The van der Waals surface area contributed by atoms with Crippen molar-refractivity contribution in [2.24, 2.45) is 5.92 Å². The Hall–Kier alpha value is -3.08. The molecule has 4 atom stereocenters. The average Bonchev–Trinajstić information content (AvgIpc) is 2.79. The van der Waals surface area contributed by atoms with Crippen LogP contribution in [0.15, 0.2) is 48.0 Å². The number of allylic oxidation sites excluding steroid dienone is 2. The van der Waals surface area contributed by atoms with Gasteiger partial charge in [0.2, 0.25) is 6.29 Å². The van der Waals surface area contributed by atoms with Crippen molar-refractivity contribution in [3.05, 3.63) is 70.3 Å². The van der Waals surface area contributed by atoms with E-state index in [2.05, 4.69) is 26.8 Å². The van der Waals surface area contributed by atoms with Gasteiger partial charge in [-0.25, -0.2) is 4.79 Å². The Morgan fingerprint density at radius 3 is 2.50 bits per heavy atom. The first-order chi connectivity index (χ1) is 16.3. The van der Waals surface area contributed by atoms with Crippen LogP contribution in [0.5, 0.6) is 11.5 Å². The Morgan fingerprint density at radius 1 is 1.09 bits per heavy atom. The van der Waals surface area contributed by atoms with Gasteiger partial charge in [-0.15, -0.1) is 0 Å². The summed E-state index contributed by atoms with van der Waals surface area (Å²) < 4.78 is 18.0. The zero-order chi connectivity index (χ0) is 24.4. The summed E-state index contributed by atoms with van der Waals surface area (Å²) in [6.07, 6.45) is 5.31. The van der Waals surface area contributed by atoms with Gasteiger partial charge in [-0.3, -0.25) is 4.79 Å². The van der Waals surface area contributed by atoms with Crippen LogP contribution in [0, 0.1) is 12.8 Å². The summed E-state index contributed by atoms with van der Waals surface area (Å²) in [5.41, 5.74) is 4.85. The highest BCUT2D eigenvalue weighted by Crippen LogP contribution is 2.55. The SMILES string of the molecule is CC(=O)OC1Oc2c(C)cc(OC(=O)c3ccccc3)c3c2[C@@H](CC[C@H]3C)[C@@H]1CCC=C(C)C. The van der Waals surface area contributed by atoms with E-state index in [1.54, 1.807) is 12.1 Å². The number of aryl methyl sites for hydroxylation is 1. The van der Waals surface area contributed by atoms with Crippen molar-refractivity contribution < 1.29 is 23.8 Å². The molecule has 0 saturated heterocycles. The van der Waals surface area contributed by atoms with Gasteiger partial charge >= 0.3 is 11.9 Å². The van der Waals surface area contributed by atoms with Crippen LogP contribution in [0.2, 0.25) is 0 Å². The molecular weight excluding hydrogens is 428 g/mol. The van der Waals surface area contributed by atoms with Crippen LogP contribution in [0.4, 0.5) is 0 Å². The Balaban J connectivity index is 1.76. The lowest BCUT2D eigenvalue weighted by Crippen LogP contribution is -2.41. The molecule has 180 valence electrons. The normalized spacial score (nSPS) is 22.7. The predicted molar refractivity (Wildman–Crippen MR) is 131 cm³/mol. The quantitative estimate of drug-likeness (QED) is 0.267. The molecule has 0 saturated carbocycles. The monoisotopic (exact) mass is 462 g/mol. The van der Waals surface area contributed by atoms with E-state index in [1.807, 2.05) is 31.2 Å². The molecule has 0 bridgehead atoms. The van der Waals surface area contributed by atoms with Crippen molar-refractivity contribution in [2.45, 2.75) is 78.4 Å². The van der Waals surface area contributed by atoms with E-state index in [1.165, 1.54) is 12.5 Å². The van der Waals surface area contributed by atoms with Crippen LogP contribution in [-0.4, -0.2) is 18.2 Å². The van der Waals surface area contributed by atoms with Crippen molar-refractivity contribution in [1.29, 1.82) is 0 Å². The third kappa shape index (κ3) is 4.89. The molecule has 5 nitrogen and oxygen atoms in total. The predicted octanol–water partition coefficient (Wildman–Crippen LogP) is 6.84. The molecule has 2 aromatic carbocycles. The second-order valence-electron chi connectivity index (χ2n) is 9.81. The molecular formula is C29H34O5. The first kappa shape index (κ1) is 24.1. The summed E-state index contributed by atoms with van der Waals surface area (Å²) in [6.45, 7) is 9.75. The molecule has 0 N–H and O–H groups in total. The molecule has 0 amide bonds. The molecule has 5 heteroatoms. The van der Waals surface area contributed by atoms with E-state index in [9.17, 15) is 9.59 Å². The molecule has 1 aliphatic carbocycles. The van der Waals surface area contributed by atoms with Gasteiger partial charge in [0.1, 0.15) is 11.5 Å². The summed E-state index contributed by atoms with van der Waals surface area (Å²) in [6, 6.07) is 11.0. The molecule has 34 heavy (non-hydrogen) atoms. The molecule has 4 rings (SSSR count). The number of esters is 2. The van der Waals surface area contributed by atoms with E-state index in [-0.39, 0.29) is 29.7 Å². The van der Waals surface area contributed by atoms with E-state index in [4.69, 9.17) is 14.2 Å². The Bertz CT molecular complexity index is 1100. The van der Waals surface area contributed by atoms with Crippen molar-refractivity contribution in [3.63, 3.8) is 0 Å². The second-order valence-corrected chi connectivity index (χ2v) is 9.81. The van der Waals surface area contributed by atoms with Gasteiger partial charge in [-0.1, -0.05) is 36.8 Å². The third-order valence-corrected chi connectivity index (χ3v) is 6.93. The fraction of sp³-hybridized carbons (Fsp3) is 0.448. The van der Waals surface area contributed by atoms with Crippen LogP contribution in [0.3, 0.4) is 0 Å². The topological polar surface area (TPSA) is 61.8 Å². The van der Waals surface area contributed by atoms with Crippen molar-refractivity contribution in [3.8, 4) is 11.5 Å².